The number of amides is 1. The normalized spacial score (nSPS) is 13.9. The highest BCUT2D eigenvalue weighted by molar-refractivity contribution is 7.92. The summed E-state index contributed by atoms with van der Waals surface area (Å²) >= 11 is 0. The molecular formula is C24H23F3N4O5S. The van der Waals surface area contributed by atoms with Gasteiger partial charge in [-0.15, -0.1) is 13.2 Å². The van der Waals surface area contributed by atoms with Gasteiger partial charge in [-0.2, -0.15) is 0 Å². The van der Waals surface area contributed by atoms with Crippen molar-refractivity contribution in [2.75, 3.05) is 28.5 Å². The molecule has 0 spiro atoms. The number of hydrogen-bond donors (Lipinski definition) is 2. The van der Waals surface area contributed by atoms with Gasteiger partial charge in [0, 0.05) is 18.3 Å². The molecule has 0 atom stereocenters. The van der Waals surface area contributed by atoms with E-state index in [0.717, 1.165) is 16.7 Å². The molecule has 37 heavy (non-hydrogen) atoms. The maximum atomic E-state index is 13.2. The predicted molar refractivity (Wildman–Crippen MR) is 131 cm³/mol. The monoisotopic (exact) mass is 536 g/mol. The zero-order valence-electron chi connectivity index (χ0n) is 19.6. The van der Waals surface area contributed by atoms with Crippen LogP contribution >= 0.6 is 0 Å². The van der Waals surface area contributed by atoms with Crippen molar-refractivity contribution in [3.63, 3.8) is 0 Å². The molecule has 2 N–H and O–H groups in total. The quantitative estimate of drug-likeness (QED) is 0.455. The van der Waals surface area contributed by atoms with Crippen molar-refractivity contribution in [3.8, 4) is 11.1 Å². The Labute approximate surface area is 210 Å². The second-order valence-corrected chi connectivity index (χ2v) is 10.3. The number of carbonyl (C=O) groups is 1. The molecule has 4 rings (SSSR count). The van der Waals surface area contributed by atoms with E-state index in [4.69, 9.17) is 0 Å². The number of halogens is 3. The third-order valence-corrected chi connectivity index (χ3v) is 7.08. The minimum Gasteiger partial charge on any atom is -0.322 e. The molecule has 1 amide bonds. The molecule has 0 radical (unpaired) electrons. The van der Waals surface area contributed by atoms with E-state index in [1.807, 2.05) is 6.07 Å². The number of aromatic amines is 1. The number of anilines is 2. The average molecular weight is 537 g/mol. The summed E-state index contributed by atoms with van der Waals surface area (Å²) in [4.78, 5) is 33.0. The Morgan fingerprint density at radius 2 is 1.81 bits per heavy atom. The van der Waals surface area contributed by atoms with Crippen LogP contribution in [-0.4, -0.2) is 49.6 Å². The highest BCUT2D eigenvalue weighted by Gasteiger charge is 2.29. The number of aromatic nitrogens is 2. The number of ether oxygens (including phenoxy) is 1. The molecule has 13 heteroatoms. The molecule has 0 unspecified atom stereocenters. The zero-order valence-corrected chi connectivity index (χ0v) is 20.4. The molecule has 0 aliphatic carbocycles. The highest BCUT2D eigenvalue weighted by atomic mass is 32.2. The molecule has 196 valence electrons. The summed E-state index contributed by atoms with van der Waals surface area (Å²) in [6, 6.07) is 12.4. The smallest absolute Gasteiger partial charge is 0.322 e. The standard InChI is InChI=1S/C24H23F3N4O5S/c1-2-37(34,35)30-21-22(32)28-14-20(29-21)31-11-9-18-13-17(7-8-19(18)23(31)33)16-5-3-15(4-6-16)10-12-36-24(25,26)27/h3-8,13-14H,2,9-12H2,1H3,(H,28,32)(H,29,30). The number of nitrogens with one attached hydrogen (secondary N) is 2. The lowest BCUT2D eigenvalue weighted by Crippen LogP contribution is -2.39. The fourth-order valence-electron chi connectivity index (χ4n) is 3.86. The largest absolute Gasteiger partial charge is 0.522 e. The second kappa shape index (κ2) is 10.3. The lowest BCUT2D eigenvalue weighted by molar-refractivity contribution is -0.324. The molecule has 1 aliphatic rings. The maximum Gasteiger partial charge on any atom is 0.522 e. The molecule has 3 aromatic rings. The van der Waals surface area contributed by atoms with Gasteiger partial charge in [-0.3, -0.25) is 23.9 Å². The summed E-state index contributed by atoms with van der Waals surface area (Å²) in [5.41, 5.74) is 2.90. The van der Waals surface area contributed by atoms with Crippen molar-refractivity contribution in [2.24, 2.45) is 0 Å². The maximum absolute atomic E-state index is 13.2. The van der Waals surface area contributed by atoms with E-state index in [0.29, 0.717) is 17.5 Å². The fourth-order valence-corrected chi connectivity index (χ4v) is 4.44. The molecule has 1 aliphatic heterocycles. The van der Waals surface area contributed by atoms with Crippen molar-refractivity contribution in [2.45, 2.75) is 26.1 Å². The van der Waals surface area contributed by atoms with E-state index < -0.39 is 34.4 Å². The zero-order chi connectivity index (χ0) is 26.8. The van der Waals surface area contributed by atoms with Crippen molar-refractivity contribution < 1.29 is 31.1 Å². The van der Waals surface area contributed by atoms with E-state index in [-0.39, 0.29) is 30.4 Å². The van der Waals surface area contributed by atoms with Gasteiger partial charge in [-0.1, -0.05) is 36.4 Å². The first kappa shape index (κ1) is 26.4. The Morgan fingerprint density at radius 1 is 1.11 bits per heavy atom. The third kappa shape index (κ3) is 6.35. The molecule has 9 nitrogen and oxygen atoms in total. The van der Waals surface area contributed by atoms with Crippen molar-refractivity contribution in [3.05, 3.63) is 75.7 Å². The molecule has 0 bridgehead atoms. The summed E-state index contributed by atoms with van der Waals surface area (Å²) in [6.07, 6.45) is -2.79. The Kier molecular flexibility index (Phi) is 7.37. The SMILES string of the molecule is CCS(=O)(=O)Nc1nc(N2CCc3cc(-c4ccc(CCOC(F)(F)F)cc4)ccc3C2=O)c[nH]c1=O. The number of hydrogen-bond acceptors (Lipinski definition) is 6. The Bertz CT molecular complexity index is 1470. The number of H-pyrrole nitrogens is 1. The highest BCUT2D eigenvalue weighted by Crippen LogP contribution is 2.28. The molecule has 0 saturated carbocycles. The number of sulfonamides is 1. The van der Waals surface area contributed by atoms with Crippen LogP contribution in [-0.2, 0) is 27.6 Å². The molecule has 0 saturated heterocycles. The third-order valence-electron chi connectivity index (χ3n) is 5.81. The Hall–Kier alpha value is -3.71. The molecule has 2 aromatic carbocycles. The second-order valence-electron chi connectivity index (χ2n) is 8.26. The van der Waals surface area contributed by atoms with Gasteiger partial charge in [0.25, 0.3) is 11.5 Å². The lowest BCUT2D eigenvalue weighted by atomic mass is 9.93. The Balaban J connectivity index is 1.50. The first-order chi connectivity index (χ1) is 17.5. The van der Waals surface area contributed by atoms with Gasteiger partial charge >= 0.3 is 6.36 Å². The van der Waals surface area contributed by atoms with Crippen LogP contribution in [0, 0.1) is 0 Å². The van der Waals surface area contributed by atoms with E-state index >= 15 is 0 Å². The summed E-state index contributed by atoms with van der Waals surface area (Å²) < 4.78 is 66.1. The van der Waals surface area contributed by atoms with E-state index in [1.54, 1.807) is 36.4 Å². The van der Waals surface area contributed by atoms with Gasteiger partial charge in [0.2, 0.25) is 15.8 Å². The van der Waals surface area contributed by atoms with Crippen LogP contribution in [0.15, 0.2) is 53.5 Å². The first-order valence-corrected chi connectivity index (χ1v) is 13.0. The van der Waals surface area contributed by atoms with Gasteiger partial charge in [0.15, 0.2) is 5.82 Å². The summed E-state index contributed by atoms with van der Waals surface area (Å²) in [5, 5.41) is 0. The summed E-state index contributed by atoms with van der Waals surface area (Å²) in [6.45, 7) is 1.21. The number of carbonyl (C=O) groups excluding carboxylic acids is 1. The average Bonchev–Trinajstić information content (AvgIpc) is 2.85. The van der Waals surface area contributed by atoms with E-state index in [2.05, 4.69) is 19.4 Å². The van der Waals surface area contributed by atoms with Gasteiger partial charge in [-0.05, 0) is 48.1 Å². The topological polar surface area (TPSA) is 121 Å². The minimum absolute atomic E-state index is 0.109. The number of fused-ring (bicyclic) bond motifs is 1. The summed E-state index contributed by atoms with van der Waals surface area (Å²) in [5.74, 6) is -0.900. The van der Waals surface area contributed by atoms with E-state index in [9.17, 15) is 31.2 Å². The number of nitrogens with zero attached hydrogens (tertiary/aromatic N) is 2. The Morgan fingerprint density at radius 3 is 2.49 bits per heavy atom. The number of alkyl halides is 3. The summed E-state index contributed by atoms with van der Waals surface area (Å²) in [7, 11) is -3.74. The van der Waals surface area contributed by atoms with Crippen LogP contribution in [0.25, 0.3) is 11.1 Å². The van der Waals surface area contributed by atoms with Gasteiger partial charge in [0.05, 0.1) is 12.4 Å². The van der Waals surface area contributed by atoms with E-state index in [1.165, 1.54) is 18.0 Å². The lowest BCUT2D eigenvalue weighted by Gasteiger charge is -2.28. The van der Waals surface area contributed by atoms with Crippen LogP contribution in [0.1, 0.15) is 28.4 Å². The molecular weight excluding hydrogens is 513 g/mol. The van der Waals surface area contributed by atoms with Crippen molar-refractivity contribution >= 4 is 27.6 Å². The van der Waals surface area contributed by atoms with Crippen LogP contribution in [0.5, 0.6) is 0 Å². The number of benzene rings is 2. The van der Waals surface area contributed by atoms with Crippen molar-refractivity contribution in [1.82, 2.24) is 9.97 Å². The van der Waals surface area contributed by atoms with Crippen LogP contribution in [0.4, 0.5) is 24.8 Å². The van der Waals surface area contributed by atoms with Gasteiger partial charge < -0.3 is 4.98 Å². The first-order valence-electron chi connectivity index (χ1n) is 11.3. The molecule has 0 fully saturated rings. The number of rotatable bonds is 8. The van der Waals surface area contributed by atoms with Crippen LogP contribution < -0.4 is 15.2 Å². The van der Waals surface area contributed by atoms with Gasteiger partial charge in [-0.25, -0.2) is 13.4 Å². The minimum atomic E-state index is -4.65. The van der Waals surface area contributed by atoms with Gasteiger partial charge in [0.1, 0.15) is 0 Å². The predicted octanol–water partition coefficient (Wildman–Crippen LogP) is 3.48. The van der Waals surface area contributed by atoms with Crippen LogP contribution in [0.2, 0.25) is 0 Å². The van der Waals surface area contributed by atoms with Crippen LogP contribution in [0.3, 0.4) is 0 Å². The molecule has 1 aromatic heterocycles. The van der Waals surface area contributed by atoms with Crippen molar-refractivity contribution in [1.29, 1.82) is 0 Å². The fraction of sp³-hybridized carbons (Fsp3) is 0.292. The molecule has 2 heterocycles.